The van der Waals surface area contributed by atoms with Crippen molar-refractivity contribution in [2.45, 2.75) is 11.0 Å². The Balaban J connectivity index is 2.17. The van der Waals surface area contributed by atoms with Gasteiger partial charge >= 0.3 is 0 Å². The number of sulfonamides is 1. The fraction of sp³-hybridized carbons (Fsp3) is 0.133. The van der Waals surface area contributed by atoms with Crippen LogP contribution in [0, 0.1) is 23.0 Å². The normalized spacial score (nSPS) is 12.6. The topological polar surface area (TPSA) is 90.2 Å². The summed E-state index contributed by atoms with van der Waals surface area (Å²) in [4.78, 5) is -0.183. The van der Waals surface area contributed by atoms with E-state index in [4.69, 9.17) is 5.26 Å². The maximum Gasteiger partial charge on any atom is 0.240 e. The number of nitriles is 1. The Hall–Kier alpha value is -2.34. The van der Waals surface area contributed by atoms with Crippen LogP contribution in [0.5, 0.6) is 0 Å². The Morgan fingerprint density at radius 3 is 2.39 bits per heavy atom. The van der Waals surface area contributed by atoms with Gasteiger partial charge in [-0.3, -0.25) is 0 Å². The number of benzene rings is 2. The van der Waals surface area contributed by atoms with Crippen LogP contribution in [0.25, 0.3) is 0 Å². The minimum atomic E-state index is -4.03. The summed E-state index contributed by atoms with van der Waals surface area (Å²) in [5, 5.41) is 18.6. The molecule has 2 rings (SSSR count). The third-order valence-electron chi connectivity index (χ3n) is 3.07. The average Bonchev–Trinajstić information content (AvgIpc) is 2.53. The molecule has 0 saturated heterocycles. The summed E-state index contributed by atoms with van der Waals surface area (Å²) >= 11 is 0. The Morgan fingerprint density at radius 1 is 1.17 bits per heavy atom. The van der Waals surface area contributed by atoms with Crippen LogP contribution < -0.4 is 4.72 Å². The van der Waals surface area contributed by atoms with Gasteiger partial charge in [-0.2, -0.15) is 5.26 Å². The van der Waals surface area contributed by atoms with E-state index in [0.29, 0.717) is 0 Å². The van der Waals surface area contributed by atoms with Crippen molar-refractivity contribution in [2.24, 2.45) is 0 Å². The molecule has 2 N–H and O–H groups in total. The molecule has 0 aromatic heterocycles. The molecule has 23 heavy (non-hydrogen) atoms. The van der Waals surface area contributed by atoms with Crippen LogP contribution >= 0.6 is 0 Å². The van der Waals surface area contributed by atoms with Gasteiger partial charge in [-0.05, 0) is 30.3 Å². The van der Waals surface area contributed by atoms with Gasteiger partial charge in [0.25, 0.3) is 0 Å². The number of halogens is 2. The quantitative estimate of drug-likeness (QED) is 0.870. The summed E-state index contributed by atoms with van der Waals surface area (Å²) in [6.45, 7) is -0.614. The number of hydrogen-bond donors (Lipinski definition) is 2. The lowest BCUT2D eigenvalue weighted by atomic mass is 10.1. The predicted molar refractivity (Wildman–Crippen MR) is 77.7 cm³/mol. The van der Waals surface area contributed by atoms with Gasteiger partial charge in [0.2, 0.25) is 10.0 Å². The van der Waals surface area contributed by atoms with Crippen LogP contribution in [0.3, 0.4) is 0 Å². The van der Waals surface area contributed by atoms with Crippen LogP contribution in [0.2, 0.25) is 0 Å². The van der Waals surface area contributed by atoms with E-state index in [9.17, 15) is 22.3 Å². The van der Waals surface area contributed by atoms with Crippen molar-refractivity contribution in [3.63, 3.8) is 0 Å². The van der Waals surface area contributed by atoms with E-state index in [-0.39, 0.29) is 10.5 Å². The standard InChI is InChI=1S/C15H12F2N2O3S/c16-12-5-2-6-13(17)15(12)14(20)9-19-23(21,22)11-4-1-3-10(7-11)8-18/h1-7,14,19-20H,9H2/t14-/m1/s1. The molecular formula is C15H12F2N2O3S. The molecule has 0 amide bonds. The molecule has 5 nitrogen and oxygen atoms in total. The van der Waals surface area contributed by atoms with Crippen LogP contribution in [-0.2, 0) is 10.0 Å². The van der Waals surface area contributed by atoms with Gasteiger partial charge in [0.1, 0.15) is 11.6 Å². The second-order valence-electron chi connectivity index (χ2n) is 4.64. The fourth-order valence-corrected chi connectivity index (χ4v) is 3.02. The second kappa shape index (κ2) is 6.83. The largest absolute Gasteiger partial charge is 0.387 e. The summed E-state index contributed by atoms with van der Waals surface area (Å²) in [5.41, 5.74) is -0.463. The summed E-state index contributed by atoms with van der Waals surface area (Å²) in [7, 11) is -4.03. The molecule has 120 valence electrons. The van der Waals surface area contributed by atoms with Gasteiger partial charge < -0.3 is 5.11 Å². The zero-order chi connectivity index (χ0) is 17.0. The van der Waals surface area contributed by atoms with Crippen molar-refractivity contribution >= 4 is 10.0 Å². The van der Waals surface area contributed by atoms with Crippen LogP contribution in [0.15, 0.2) is 47.4 Å². The molecule has 8 heteroatoms. The lowest BCUT2D eigenvalue weighted by molar-refractivity contribution is 0.172. The van der Waals surface area contributed by atoms with E-state index in [1.54, 1.807) is 6.07 Å². The van der Waals surface area contributed by atoms with Crippen LogP contribution in [0.1, 0.15) is 17.2 Å². The molecule has 0 fully saturated rings. The Kier molecular flexibility index (Phi) is 5.05. The molecule has 0 aliphatic rings. The highest BCUT2D eigenvalue weighted by Gasteiger charge is 2.21. The first-order valence-electron chi connectivity index (χ1n) is 6.47. The summed E-state index contributed by atoms with van der Waals surface area (Å²) in [6, 6.07) is 10.1. The third kappa shape index (κ3) is 3.90. The van der Waals surface area contributed by atoms with Gasteiger partial charge in [-0.1, -0.05) is 12.1 Å². The van der Waals surface area contributed by atoms with Gasteiger partial charge in [0.15, 0.2) is 0 Å². The molecule has 0 heterocycles. The maximum absolute atomic E-state index is 13.5. The lowest BCUT2D eigenvalue weighted by Gasteiger charge is -2.14. The van der Waals surface area contributed by atoms with Crippen LogP contribution in [-0.4, -0.2) is 20.1 Å². The first-order valence-corrected chi connectivity index (χ1v) is 7.95. The Labute approximate surface area is 131 Å². The molecule has 0 aliphatic heterocycles. The number of nitrogens with one attached hydrogen (secondary N) is 1. The molecule has 0 radical (unpaired) electrons. The fourth-order valence-electron chi connectivity index (χ4n) is 1.94. The predicted octanol–water partition coefficient (Wildman–Crippen LogP) is 1.85. The zero-order valence-corrected chi connectivity index (χ0v) is 12.5. The SMILES string of the molecule is N#Cc1cccc(S(=O)(=O)NC[C@@H](O)c2c(F)cccc2F)c1. The van der Waals surface area contributed by atoms with Gasteiger partial charge in [0, 0.05) is 6.54 Å². The number of nitrogens with zero attached hydrogens (tertiary/aromatic N) is 1. The highest BCUT2D eigenvalue weighted by atomic mass is 32.2. The highest BCUT2D eigenvalue weighted by Crippen LogP contribution is 2.20. The monoisotopic (exact) mass is 338 g/mol. The highest BCUT2D eigenvalue weighted by molar-refractivity contribution is 7.89. The first kappa shape index (κ1) is 17.0. The summed E-state index contributed by atoms with van der Waals surface area (Å²) < 4.78 is 53.3. The number of rotatable bonds is 5. The number of hydrogen-bond acceptors (Lipinski definition) is 4. The second-order valence-corrected chi connectivity index (χ2v) is 6.41. The smallest absolute Gasteiger partial charge is 0.240 e. The van der Waals surface area contributed by atoms with E-state index < -0.39 is 39.9 Å². The van der Waals surface area contributed by atoms with Crippen molar-refractivity contribution in [3.05, 3.63) is 65.2 Å². The zero-order valence-electron chi connectivity index (χ0n) is 11.7. The third-order valence-corrected chi connectivity index (χ3v) is 4.49. The summed E-state index contributed by atoms with van der Waals surface area (Å²) in [5.74, 6) is -1.94. The van der Waals surface area contributed by atoms with Crippen molar-refractivity contribution in [1.29, 1.82) is 5.26 Å². The lowest BCUT2D eigenvalue weighted by Crippen LogP contribution is -2.29. The molecule has 0 saturated carbocycles. The van der Waals surface area contributed by atoms with Crippen molar-refractivity contribution in [2.75, 3.05) is 6.54 Å². The molecule has 0 bridgehead atoms. The van der Waals surface area contributed by atoms with E-state index in [1.165, 1.54) is 18.2 Å². The molecule has 2 aromatic carbocycles. The molecular weight excluding hydrogens is 326 g/mol. The van der Waals surface area contributed by atoms with Gasteiger partial charge in [-0.25, -0.2) is 21.9 Å². The number of aliphatic hydroxyl groups excluding tert-OH is 1. The molecule has 1 atom stereocenters. The first-order chi connectivity index (χ1) is 10.8. The van der Waals surface area contributed by atoms with E-state index in [1.807, 2.05) is 0 Å². The maximum atomic E-state index is 13.5. The van der Waals surface area contributed by atoms with Crippen LogP contribution in [0.4, 0.5) is 8.78 Å². The molecule has 0 spiro atoms. The average molecular weight is 338 g/mol. The minimum Gasteiger partial charge on any atom is -0.387 e. The minimum absolute atomic E-state index is 0.147. The van der Waals surface area contributed by atoms with E-state index in [2.05, 4.69) is 4.72 Å². The van der Waals surface area contributed by atoms with Gasteiger partial charge in [-0.15, -0.1) is 0 Å². The van der Waals surface area contributed by atoms with Gasteiger partial charge in [0.05, 0.1) is 28.2 Å². The van der Waals surface area contributed by atoms with Crippen molar-refractivity contribution < 1.29 is 22.3 Å². The van der Waals surface area contributed by atoms with E-state index >= 15 is 0 Å². The number of aliphatic hydroxyl groups is 1. The Bertz CT molecular complexity index is 843. The van der Waals surface area contributed by atoms with E-state index in [0.717, 1.165) is 24.3 Å². The molecule has 2 aromatic rings. The molecule has 0 aliphatic carbocycles. The van der Waals surface area contributed by atoms with Crippen molar-refractivity contribution in [1.82, 2.24) is 4.72 Å². The van der Waals surface area contributed by atoms with Crippen molar-refractivity contribution in [3.8, 4) is 6.07 Å². The Morgan fingerprint density at radius 2 is 1.78 bits per heavy atom. The summed E-state index contributed by atoms with van der Waals surface area (Å²) in [6.07, 6.45) is -1.69. The molecule has 0 unspecified atom stereocenters.